The minimum Gasteiger partial charge on any atom is -0.493 e. The van der Waals surface area contributed by atoms with E-state index < -0.39 is 42.3 Å². The van der Waals surface area contributed by atoms with E-state index in [9.17, 15) is 30.0 Å². The molecule has 0 aliphatic rings. The van der Waals surface area contributed by atoms with Crippen molar-refractivity contribution in [2.75, 3.05) is 25.5 Å². The number of carbonyl (C=O) groups is 3. The number of aliphatic hydroxyl groups is 1. The van der Waals surface area contributed by atoms with Crippen molar-refractivity contribution in [1.29, 1.82) is 10.5 Å². The average molecular weight is 775 g/mol. The number of thioether (sulfide) groups is 1. The second-order valence-electron chi connectivity index (χ2n) is 12.5. The number of benzene rings is 2. The third-order valence-electron chi connectivity index (χ3n) is 7.11. The molecule has 4 rings (SSSR count). The molecule has 0 saturated heterocycles. The number of pyridine rings is 1. The zero-order chi connectivity index (χ0) is 39.4. The summed E-state index contributed by atoms with van der Waals surface area (Å²) in [5, 5.41) is 35.6. The topological polar surface area (TPSA) is 236 Å². The molecule has 2 atom stereocenters. The standard InChI is InChI=1S/C37H37ClN7O8S/c1-21(46)31(44-29(47)18-42-36(49)53-37(2,3)4)35(48)51-15-5-14-50-26-12-8-22(9-13-26)30-27(16-39)32(41)45-34(28(30)17-40)54-20-25-19-52-33(43-25)23-6-10-24(38)11-7-23/h5-13,19,21,31,46H,14-15,18,20H2,1-4H3,(H2,41,45)(H,42,49)(H,44,47)/t21-,31+/m1/s1. The number of hydrogen-bond donors (Lipinski definition) is 4. The van der Waals surface area contributed by atoms with E-state index in [1.165, 1.54) is 31.4 Å². The predicted molar refractivity (Wildman–Crippen MR) is 199 cm³/mol. The van der Waals surface area contributed by atoms with E-state index in [1.807, 2.05) is 0 Å². The maximum Gasteiger partial charge on any atom is 0.408 e. The largest absolute Gasteiger partial charge is 0.493 e. The molecule has 281 valence electrons. The Bertz CT molecular complexity index is 2040. The number of alkyl carbamates (subject to hydrolysis) is 1. The molecule has 0 spiro atoms. The first-order chi connectivity index (χ1) is 25.7. The molecule has 2 aromatic heterocycles. The van der Waals surface area contributed by atoms with Gasteiger partial charge < -0.3 is 40.1 Å². The van der Waals surface area contributed by atoms with Crippen LogP contribution < -0.4 is 21.1 Å². The van der Waals surface area contributed by atoms with Crippen LogP contribution in [-0.4, -0.2) is 70.5 Å². The van der Waals surface area contributed by atoms with Gasteiger partial charge in [0.15, 0.2) is 6.04 Å². The van der Waals surface area contributed by atoms with Crippen molar-refractivity contribution < 1.29 is 38.1 Å². The number of carbonyl (C=O) groups excluding carboxylic acids is 3. The fraction of sp³-hybridized carbons (Fsp3) is 0.297. The van der Waals surface area contributed by atoms with Gasteiger partial charge in [-0.25, -0.2) is 19.6 Å². The lowest BCUT2D eigenvalue weighted by molar-refractivity contribution is -0.150. The van der Waals surface area contributed by atoms with Crippen LogP contribution in [0.5, 0.6) is 5.75 Å². The molecule has 0 aliphatic heterocycles. The first-order valence-electron chi connectivity index (χ1n) is 16.3. The molecule has 1 radical (unpaired) electrons. The fourth-order valence-corrected chi connectivity index (χ4v) is 5.65. The summed E-state index contributed by atoms with van der Waals surface area (Å²) < 4.78 is 21.6. The van der Waals surface area contributed by atoms with Crippen molar-refractivity contribution in [1.82, 2.24) is 20.6 Å². The van der Waals surface area contributed by atoms with Crippen LogP contribution in [0.1, 0.15) is 44.5 Å². The highest BCUT2D eigenvalue weighted by molar-refractivity contribution is 7.98. The van der Waals surface area contributed by atoms with Gasteiger partial charge in [-0.1, -0.05) is 35.5 Å². The summed E-state index contributed by atoms with van der Waals surface area (Å²) in [5.74, 6) is -0.502. The number of hydrogen-bond acceptors (Lipinski definition) is 14. The lowest BCUT2D eigenvalue weighted by atomic mass is 9.97. The normalized spacial score (nSPS) is 12.1. The van der Waals surface area contributed by atoms with E-state index in [2.05, 4.69) is 32.7 Å². The van der Waals surface area contributed by atoms with Crippen LogP contribution in [0.2, 0.25) is 5.02 Å². The van der Waals surface area contributed by atoms with Crippen molar-refractivity contribution >= 4 is 47.2 Å². The number of nitrogens with two attached hydrogens (primary N) is 1. The molecular weight excluding hydrogens is 738 g/mol. The van der Waals surface area contributed by atoms with Crippen LogP contribution in [0.4, 0.5) is 10.6 Å². The summed E-state index contributed by atoms with van der Waals surface area (Å²) in [6, 6.07) is 16.5. The van der Waals surface area contributed by atoms with E-state index in [-0.39, 0.29) is 30.2 Å². The summed E-state index contributed by atoms with van der Waals surface area (Å²) >= 11 is 7.20. The second kappa shape index (κ2) is 18.8. The Morgan fingerprint density at radius 1 is 1.04 bits per heavy atom. The first-order valence-corrected chi connectivity index (χ1v) is 17.7. The van der Waals surface area contributed by atoms with Gasteiger partial charge in [0, 0.05) is 28.3 Å². The summed E-state index contributed by atoms with van der Waals surface area (Å²) in [6.07, 6.45) is 0.930. The van der Waals surface area contributed by atoms with E-state index in [0.29, 0.717) is 44.3 Å². The number of anilines is 1. The number of rotatable bonds is 15. The monoisotopic (exact) mass is 774 g/mol. The SMILES string of the molecule is C[C@@H](O)[C@H](NC(=O)CNC(=O)OC(C)(C)C)C(=O)OC[CH]COc1ccc(-c2c(C#N)c(N)nc(SCc3coc(-c4ccc(Cl)cc4)n3)c2C#N)cc1. The number of halogens is 1. The number of nitrogens with one attached hydrogen (secondary N) is 2. The predicted octanol–water partition coefficient (Wildman–Crippen LogP) is 5.19. The Kier molecular flexibility index (Phi) is 14.3. The summed E-state index contributed by atoms with van der Waals surface area (Å²) in [5.41, 5.74) is 7.85. The highest BCUT2D eigenvalue weighted by Crippen LogP contribution is 2.37. The van der Waals surface area contributed by atoms with Gasteiger partial charge in [0.2, 0.25) is 11.8 Å². The van der Waals surface area contributed by atoms with Crippen LogP contribution in [0.3, 0.4) is 0 Å². The number of nitriles is 2. The van der Waals surface area contributed by atoms with Crippen LogP contribution in [0.15, 0.2) is 64.2 Å². The molecular formula is C37H37ClN7O8S. The number of amides is 2. The average Bonchev–Trinajstić information content (AvgIpc) is 3.60. The Labute approximate surface area is 320 Å². The van der Waals surface area contributed by atoms with Crippen LogP contribution in [0, 0.1) is 29.1 Å². The van der Waals surface area contributed by atoms with E-state index in [1.54, 1.807) is 69.3 Å². The lowest BCUT2D eigenvalue weighted by Gasteiger charge is -2.21. The maximum atomic E-state index is 12.5. The lowest BCUT2D eigenvalue weighted by Crippen LogP contribution is -2.51. The van der Waals surface area contributed by atoms with Gasteiger partial charge in [0.1, 0.15) is 52.7 Å². The highest BCUT2D eigenvalue weighted by Gasteiger charge is 2.28. The quantitative estimate of drug-likeness (QED) is 0.0691. The minimum absolute atomic E-state index is 0.0236. The molecule has 54 heavy (non-hydrogen) atoms. The van der Waals surface area contributed by atoms with Crippen molar-refractivity contribution in [3.63, 3.8) is 0 Å². The Hall–Kier alpha value is -5.81. The molecule has 0 unspecified atom stereocenters. The van der Waals surface area contributed by atoms with Gasteiger partial charge in [-0.3, -0.25) is 4.79 Å². The first kappa shape index (κ1) is 41.0. The van der Waals surface area contributed by atoms with E-state index >= 15 is 0 Å². The summed E-state index contributed by atoms with van der Waals surface area (Å²) in [6.45, 7) is 5.65. The number of nitrogens with zero attached hydrogens (tertiary/aromatic N) is 4. The molecule has 5 N–H and O–H groups in total. The van der Waals surface area contributed by atoms with Gasteiger partial charge >= 0.3 is 12.1 Å². The molecule has 0 saturated carbocycles. The molecule has 2 amide bonds. The van der Waals surface area contributed by atoms with Gasteiger partial charge in [0.25, 0.3) is 0 Å². The molecule has 2 aromatic carbocycles. The van der Waals surface area contributed by atoms with Crippen molar-refractivity contribution in [3.05, 3.63) is 83.1 Å². The molecule has 2 heterocycles. The molecule has 0 fully saturated rings. The van der Waals surface area contributed by atoms with Gasteiger partial charge in [-0.2, -0.15) is 10.5 Å². The number of esters is 1. The van der Waals surface area contributed by atoms with Crippen LogP contribution >= 0.6 is 23.4 Å². The molecule has 4 aromatic rings. The smallest absolute Gasteiger partial charge is 0.408 e. The maximum absolute atomic E-state index is 12.5. The van der Waals surface area contributed by atoms with Gasteiger partial charge in [-0.15, -0.1) is 0 Å². The molecule has 17 heteroatoms. The highest BCUT2D eigenvalue weighted by atomic mass is 35.5. The van der Waals surface area contributed by atoms with Gasteiger partial charge in [-0.05, 0) is 69.7 Å². The van der Waals surface area contributed by atoms with Crippen molar-refractivity contribution in [2.24, 2.45) is 0 Å². The summed E-state index contributed by atoms with van der Waals surface area (Å²) in [7, 11) is 0. The number of aromatic nitrogens is 2. The van der Waals surface area contributed by atoms with E-state index in [0.717, 1.165) is 5.56 Å². The minimum atomic E-state index is -1.38. The number of oxazole rings is 1. The van der Waals surface area contributed by atoms with Crippen molar-refractivity contribution in [2.45, 2.75) is 56.2 Å². The Morgan fingerprint density at radius 3 is 2.33 bits per heavy atom. The zero-order valence-electron chi connectivity index (χ0n) is 29.7. The van der Waals surface area contributed by atoms with Gasteiger partial charge in [0.05, 0.1) is 30.6 Å². The Balaban J connectivity index is 1.32. The van der Waals surface area contributed by atoms with E-state index in [4.69, 9.17) is 36.0 Å². The molecule has 15 nitrogen and oxygen atoms in total. The second-order valence-corrected chi connectivity index (χ2v) is 13.9. The molecule has 0 aliphatic carbocycles. The number of ether oxygens (including phenoxy) is 3. The molecule has 0 bridgehead atoms. The zero-order valence-corrected chi connectivity index (χ0v) is 31.3. The van der Waals surface area contributed by atoms with Crippen molar-refractivity contribution in [3.8, 4) is 40.5 Å². The number of nitrogen functional groups attached to an aromatic ring is 1. The fourth-order valence-electron chi connectivity index (χ4n) is 4.65. The third-order valence-corrected chi connectivity index (χ3v) is 8.38. The summed E-state index contributed by atoms with van der Waals surface area (Å²) in [4.78, 5) is 45.4. The third kappa shape index (κ3) is 11.6. The van der Waals surface area contributed by atoms with Crippen LogP contribution in [-0.2, 0) is 24.8 Å². The number of aliphatic hydroxyl groups excluding tert-OH is 1. The Morgan fingerprint density at radius 2 is 1.70 bits per heavy atom. The van der Waals surface area contributed by atoms with Crippen LogP contribution in [0.25, 0.3) is 22.6 Å².